The van der Waals surface area contributed by atoms with E-state index in [9.17, 15) is 9.59 Å². The Morgan fingerprint density at radius 2 is 1.77 bits per heavy atom. The molecule has 1 fully saturated rings. The molecule has 2 amide bonds. The van der Waals surface area contributed by atoms with E-state index in [2.05, 4.69) is 15.3 Å². The number of nitrogens with one attached hydrogen (secondary N) is 1. The topological polar surface area (TPSA) is 75.2 Å². The van der Waals surface area contributed by atoms with Gasteiger partial charge in [-0.2, -0.15) is 0 Å². The van der Waals surface area contributed by atoms with E-state index in [1.165, 1.54) is 0 Å². The number of aryl methyl sites for hydroxylation is 1. The van der Waals surface area contributed by atoms with Crippen molar-refractivity contribution in [3.8, 4) is 0 Å². The molecule has 2 heterocycles. The van der Waals surface area contributed by atoms with Gasteiger partial charge >= 0.3 is 0 Å². The Morgan fingerprint density at radius 3 is 2.47 bits per heavy atom. The average molecular weight is 400 g/mol. The number of aromatic nitrogens is 2. The zero-order valence-corrected chi connectivity index (χ0v) is 16.9. The van der Waals surface area contributed by atoms with Crippen LogP contribution >= 0.6 is 0 Å². The van der Waals surface area contributed by atoms with Gasteiger partial charge in [0.15, 0.2) is 5.82 Å². The van der Waals surface area contributed by atoms with Gasteiger partial charge in [0.1, 0.15) is 0 Å². The number of likely N-dealkylation sites (tertiary alicyclic amines) is 1. The molecule has 30 heavy (non-hydrogen) atoms. The van der Waals surface area contributed by atoms with Crippen LogP contribution in [0.2, 0.25) is 0 Å². The Labute approximate surface area is 176 Å². The number of nitrogens with zero attached hydrogens (tertiary/aromatic N) is 3. The first-order valence-corrected chi connectivity index (χ1v) is 10.1. The highest BCUT2D eigenvalue weighted by Crippen LogP contribution is 2.30. The second-order valence-electron chi connectivity index (χ2n) is 7.45. The average Bonchev–Trinajstić information content (AvgIpc) is 3.25. The fourth-order valence-corrected chi connectivity index (χ4v) is 3.79. The van der Waals surface area contributed by atoms with Crippen LogP contribution in [0.25, 0.3) is 0 Å². The molecule has 1 N–H and O–H groups in total. The van der Waals surface area contributed by atoms with Crippen molar-refractivity contribution in [2.45, 2.75) is 32.2 Å². The molecule has 0 unspecified atom stereocenters. The van der Waals surface area contributed by atoms with Crippen LogP contribution < -0.4 is 5.32 Å². The smallest absolute Gasteiger partial charge is 0.259 e. The highest BCUT2D eigenvalue weighted by Gasteiger charge is 2.32. The maximum Gasteiger partial charge on any atom is 0.259 e. The zero-order chi connectivity index (χ0) is 20.9. The molecule has 0 radical (unpaired) electrons. The first-order valence-electron chi connectivity index (χ1n) is 10.1. The number of rotatable bonds is 5. The standard InChI is InChI=1S/C24H24N4O2/c1-17-20(24(30)27-19-11-6-3-7-12-19)16-25-23(26-17)21-13-8-14-28(21)22(29)15-18-9-4-2-5-10-18/h2-7,9-12,16,21H,8,13-15H2,1H3,(H,27,30)/t21-/m0/s1. The lowest BCUT2D eigenvalue weighted by molar-refractivity contribution is -0.131. The summed E-state index contributed by atoms with van der Waals surface area (Å²) < 4.78 is 0. The highest BCUT2D eigenvalue weighted by molar-refractivity contribution is 6.04. The normalized spacial score (nSPS) is 15.8. The number of anilines is 1. The first kappa shape index (κ1) is 19.8. The second-order valence-corrected chi connectivity index (χ2v) is 7.45. The molecule has 6 heteroatoms. The van der Waals surface area contributed by atoms with Gasteiger partial charge in [0, 0.05) is 18.4 Å². The monoisotopic (exact) mass is 400 g/mol. The molecular weight excluding hydrogens is 376 g/mol. The summed E-state index contributed by atoms with van der Waals surface area (Å²) in [6.45, 7) is 2.51. The minimum Gasteiger partial charge on any atom is -0.332 e. The van der Waals surface area contributed by atoms with Gasteiger partial charge in [0.2, 0.25) is 5.91 Å². The second kappa shape index (κ2) is 8.86. The number of para-hydroxylation sites is 1. The van der Waals surface area contributed by atoms with E-state index in [0.29, 0.717) is 30.0 Å². The van der Waals surface area contributed by atoms with Crippen molar-refractivity contribution in [2.24, 2.45) is 0 Å². The minimum absolute atomic E-state index is 0.0795. The lowest BCUT2D eigenvalue weighted by atomic mass is 10.1. The van der Waals surface area contributed by atoms with Gasteiger partial charge in [-0.25, -0.2) is 9.97 Å². The summed E-state index contributed by atoms with van der Waals surface area (Å²) in [5.41, 5.74) is 2.76. The minimum atomic E-state index is -0.242. The van der Waals surface area contributed by atoms with Crippen LogP contribution in [-0.4, -0.2) is 33.2 Å². The highest BCUT2D eigenvalue weighted by atomic mass is 16.2. The SMILES string of the molecule is Cc1nc([C@@H]2CCCN2C(=O)Cc2ccccc2)ncc1C(=O)Nc1ccccc1. The third-order valence-corrected chi connectivity index (χ3v) is 5.34. The summed E-state index contributed by atoms with van der Waals surface area (Å²) in [5.74, 6) is 0.437. The predicted molar refractivity (Wildman–Crippen MR) is 115 cm³/mol. The van der Waals surface area contributed by atoms with Gasteiger partial charge in [-0.05, 0) is 37.5 Å². The summed E-state index contributed by atoms with van der Waals surface area (Å²) in [6, 6.07) is 18.9. The molecule has 152 valence electrons. The van der Waals surface area contributed by atoms with E-state index in [1.54, 1.807) is 13.1 Å². The molecular formula is C24H24N4O2. The molecule has 1 atom stereocenters. The van der Waals surface area contributed by atoms with E-state index in [-0.39, 0.29) is 17.9 Å². The van der Waals surface area contributed by atoms with Gasteiger partial charge in [-0.15, -0.1) is 0 Å². The Kier molecular flexibility index (Phi) is 5.84. The van der Waals surface area contributed by atoms with Gasteiger partial charge in [-0.3, -0.25) is 9.59 Å². The van der Waals surface area contributed by atoms with Crippen LogP contribution in [0.1, 0.15) is 46.3 Å². The van der Waals surface area contributed by atoms with E-state index >= 15 is 0 Å². The van der Waals surface area contributed by atoms with Crippen LogP contribution in [0.3, 0.4) is 0 Å². The fraction of sp³-hybridized carbons (Fsp3) is 0.250. The molecule has 0 aliphatic carbocycles. The van der Waals surface area contributed by atoms with Crippen molar-refractivity contribution in [1.29, 1.82) is 0 Å². The molecule has 0 bridgehead atoms. The Bertz CT molecular complexity index is 1040. The van der Waals surface area contributed by atoms with Crippen molar-refractivity contribution >= 4 is 17.5 Å². The van der Waals surface area contributed by atoms with Crippen LogP contribution in [0.15, 0.2) is 66.9 Å². The van der Waals surface area contributed by atoms with Crippen molar-refractivity contribution in [1.82, 2.24) is 14.9 Å². The lowest BCUT2D eigenvalue weighted by Gasteiger charge is -2.24. The van der Waals surface area contributed by atoms with Gasteiger partial charge in [0.25, 0.3) is 5.91 Å². The van der Waals surface area contributed by atoms with Gasteiger partial charge in [0.05, 0.1) is 23.7 Å². The van der Waals surface area contributed by atoms with E-state index in [0.717, 1.165) is 24.1 Å². The van der Waals surface area contributed by atoms with Crippen LogP contribution in [0.5, 0.6) is 0 Å². The molecule has 1 aliphatic heterocycles. The zero-order valence-electron chi connectivity index (χ0n) is 16.9. The number of benzene rings is 2. The number of hydrogen-bond acceptors (Lipinski definition) is 4. The molecule has 2 aromatic carbocycles. The maximum atomic E-state index is 12.9. The number of amides is 2. The van der Waals surface area contributed by atoms with Crippen molar-refractivity contribution in [3.63, 3.8) is 0 Å². The molecule has 1 aliphatic rings. The summed E-state index contributed by atoms with van der Waals surface area (Å²) in [7, 11) is 0. The molecule has 0 spiro atoms. The van der Waals surface area contributed by atoms with Crippen molar-refractivity contribution in [2.75, 3.05) is 11.9 Å². The van der Waals surface area contributed by atoms with Gasteiger partial charge in [-0.1, -0.05) is 48.5 Å². The number of carbonyl (C=O) groups excluding carboxylic acids is 2. The number of hydrogen-bond donors (Lipinski definition) is 1. The van der Waals surface area contributed by atoms with Crippen molar-refractivity contribution in [3.05, 3.63) is 89.5 Å². The summed E-state index contributed by atoms with van der Waals surface area (Å²) in [6.07, 6.45) is 3.68. The molecule has 1 aromatic heterocycles. The van der Waals surface area contributed by atoms with E-state index in [1.807, 2.05) is 65.6 Å². The lowest BCUT2D eigenvalue weighted by Crippen LogP contribution is -2.33. The maximum absolute atomic E-state index is 12.9. The third kappa shape index (κ3) is 4.38. The van der Waals surface area contributed by atoms with Crippen LogP contribution in [0, 0.1) is 6.92 Å². The Balaban J connectivity index is 1.48. The quantitative estimate of drug-likeness (QED) is 0.704. The van der Waals surface area contributed by atoms with Crippen molar-refractivity contribution < 1.29 is 9.59 Å². The van der Waals surface area contributed by atoms with E-state index < -0.39 is 0 Å². The summed E-state index contributed by atoms with van der Waals surface area (Å²) in [4.78, 5) is 36.4. The van der Waals surface area contributed by atoms with Gasteiger partial charge < -0.3 is 10.2 Å². The third-order valence-electron chi connectivity index (χ3n) is 5.34. The van der Waals surface area contributed by atoms with E-state index in [4.69, 9.17) is 0 Å². The molecule has 1 saturated heterocycles. The molecule has 4 rings (SSSR count). The molecule has 0 saturated carbocycles. The Morgan fingerprint density at radius 1 is 1.07 bits per heavy atom. The Hall–Kier alpha value is -3.54. The molecule has 3 aromatic rings. The fourth-order valence-electron chi connectivity index (χ4n) is 3.79. The largest absolute Gasteiger partial charge is 0.332 e. The molecule has 6 nitrogen and oxygen atoms in total. The summed E-state index contributed by atoms with van der Waals surface area (Å²) in [5, 5.41) is 2.86. The van der Waals surface area contributed by atoms with Crippen LogP contribution in [-0.2, 0) is 11.2 Å². The first-order chi connectivity index (χ1) is 14.6. The summed E-state index contributed by atoms with van der Waals surface area (Å²) >= 11 is 0. The predicted octanol–water partition coefficient (Wildman–Crippen LogP) is 3.94. The van der Waals surface area contributed by atoms with Crippen LogP contribution in [0.4, 0.5) is 5.69 Å². The number of carbonyl (C=O) groups is 2.